The van der Waals surface area contributed by atoms with Crippen LogP contribution in [0.3, 0.4) is 0 Å². The number of aromatic nitrogens is 4. The Morgan fingerprint density at radius 1 is 1.13 bits per heavy atom. The molecule has 202 valence electrons. The Morgan fingerprint density at radius 3 is 2.51 bits per heavy atom. The zero-order valence-electron chi connectivity index (χ0n) is 21.3. The molecule has 39 heavy (non-hydrogen) atoms. The molecule has 0 spiro atoms. The molecule has 1 saturated heterocycles. The number of halogens is 3. The summed E-state index contributed by atoms with van der Waals surface area (Å²) in [6, 6.07) is 7.93. The lowest BCUT2D eigenvalue weighted by Gasteiger charge is -2.40. The number of nitrogens with zero attached hydrogens (tertiary/aromatic N) is 6. The van der Waals surface area contributed by atoms with Gasteiger partial charge in [-0.3, -0.25) is 14.8 Å². The van der Waals surface area contributed by atoms with Crippen LogP contribution in [0.1, 0.15) is 41.8 Å². The Morgan fingerprint density at radius 2 is 1.87 bits per heavy atom. The summed E-state index contributed by atoms with van der Waals surface area (Å²) in [5.41, 5.74) is 4.12. The maximum atomic E-state index is 14.2. The van der Waals surface area contributed by atoms with Gasteiger partial charge in [0.05, 0.1) is 28.8 Å². The molecule has 0 radical (unpaired) electrons. The fraction of sp³-hybridized carbons (Fsp3) is 0.370. The molecule has 2 fully saturated rings. The molecule has 4 aromatic rings. The number of anilines is 3. The first kappa shape index (κ1) is 25.1. The largest absolute Gasteiger partial charge is 0.413 e. The minimum absolute atomic E-state index is 0.0201. The van der Waals surface area contributed by atoms with Crippen molar-refractivity contribution in [2.45, 2.75) is 37.9 Å². The van der Waals surface area contributed by atoms with E-state index < -0.39 is 24.0 Å². The van der Waals surface area contributed by atoms with Crippen LogP contribution in [0, 0.1) is 12.8 Å². The standard InChI is InChI=1S/C27H26F3N7O2/c1-15-34-35-26(39-15)37-13-18(14-37)25(38)36(2)24(27(28,29)30)17-7-9-19(10-8-17)33-21-12-32-20-4-3-11-31-23(20)22(21)16-5-6-16/h3-4,7-12,16,18,24,33H,5-6,13-14H2,1-2H3/t24-/m0/s1. The number of hydrogen-bond donors (Lipinski definition) is 1. The van der Waals surface area contributed by atoms with Gasteiger partial charge < -0.3 is 19.5 Å². The van der Waals surface area contributed by atoms with Crippen LogP contribution in [0.25, 0.3) is 11.0 Å². The smallest absolute Gasteiger partial charge is 0.408 e. The molecule has 1 amide bonds. The van der Waals surface area contributed by atoms with Crippen LogP contribution >= 0.6 is 0 Å². The number of alkyl halides is 3. The van der Waals surface area contributed by atoms with Crippen molar-refractivity contribution in [3.8, 4) is 0 Å². The van der Waals surface area contributed by atoms with Crippen molar-refractivity contribution in [1.82, 2.24) is 25.1 Å². The topological polar surface area (TPSA) is 100 Å². The fourth-order valence-corrected chi connectivity index (χ4v) is 5.08. The van der Waals surface area contributed by atoms with Crippen molar-refractivity contribution in [3.63, 3.8) is 0 Å². The van der Waals surface area contributed by atoms with Crippen molar-refractivity contribution in [2.75, 3.05) is 30.4 Å². The van der Waals surface area contributed by atoms with Gasteiger partial charge in [0.25, 0.3) is 0 Å². The van der Waals surface area contributed by atoms with E-state index in [0.29, 0.717) is 17.5 Å². The molecule has 0 unspecified atom stereocenters. The first-order valence-corrected chi connectivity index (χ1v) is 12.7. The van der Waals surface area contributed by atoms with Gasteiger partial charge in [-0.1, -0.05) is 17.2 Å². The van der Waals surface area contributed by atoms with E-state index in [9.17, 15) is 18.0 Å². The second kappa shape index (κ2) is 9.51. The molecule has 6 rings (SSSR count). The number of fused-ring (bicyclic) bond motifs is 1. The van der Waals surface area contributed by atoms with E-state index in [2.05, 4.69) is 25.5 Å². The molecule has 1 aromatic carbocycles. The summed E-state index contributed by atoms with van der Waals surface area (Å²) >= 11 is 0. The number of carbonyl (C=O) groups excluding carboxylic acids is 1. The minimum atomic E-state index is -4.65. The van der Waals surface area contributed by atoms with E-state index in [-0.39, 0.29) is 24.7 Å². The van der Waals surface area contributed by atoms with Crippen LogP contribution in [-0.2, 0) is 4.79 Å². The van der Waals surface area contributed by atoms with Gasteiger partial charge in [-0.25, -0.2) is 0 Å². The number of pyridine rings is 2. The average molecular weight is 538 g/mol. The molecule has 1 aliphatic carbocycles. The highest BCUT2D eigenvalue weighted by Crippen LogP contribution is 2.46. The number of rotatable bonds is 7. The molecule has 1 saturated carbocycles. The van der Waals surface area contributed by atoms with Crippen LogP contribution < -0.4 is 10.2 Å². The SMILES string of the molecule is Cc1nnc(N2CC(C(=O)N(C)[C@@H](c3ccc(Nc4cnc5cccnc5c4C4CC4)cc3)C(F)(F)F)C2)o1. The van der Waals surface area contributed by atoms with E-state index in [0.717, 1.165) is 40.0 Å². The van der Waals surface area contributed by atoms with Gasteiger partial charge >= 0.3 is 12.2 Å². The number of carbonyl (C=O) groups is 1. The highest BCUT2D eigenvalue weighted by Gasteiger charge is 2.48. The maximum Gasteiger partial charge on any atom is 0.413 e. The number of nitrogens with one attached hydrogen (secondary N) is 1. The van der Waals surface area contributed by atoms with Crippen LogP contribution in [-0.4, -0.2) is 57.3 Å². The maximum absolute atomic E-state index is 14.2. The summed E-state index contributed by atoms with van der Waals surface area (Å²) in [5, 5.41) is 10.9. The van der Waals surface area contributed by atoms with Gasteiger partial charge in [-0.15, -0.1) is 5.10 Å². The van der Waals surface area contributed by atoms with Gasteiger partial charge in [0, 0.05) is 44.5 Å². The van der Waals surface area contributed by atoms with Crippen molar-refractivity contribution in [2.24, 2.45) is 5.92 Å². The molecule has 2 aliphatic rings. The van der Waals surface area contributed by atoms with Crippen molar-refractivity contribution in [1.29, 1.82) is 0 Å². The molecular weight excluding hydrogens is 511 g/mol. The molecule has 3 aromatic heterocycles. The summed E-state index contributed by atoms with van der Waals surface area (Å²) < 4.78 is 48.0. The monoisotopic (exact) mass is 537 g/mol. The Kier molecular flexibility index (Phi) is 6.12. The molecule has 12 heteroatoms. The second-order valence-corrected chi connectivity index (χ2v) is 10.1. The van der Waals surface area contributed by atoms with Crippen LogP contribution in [0.2, 0.25) is 0 Å². The molecule has 1 aliphatic heterocycles. The van der Waals surface area contributed by atoms with Gasteiger partial charge in [-0.2, -0.15) is 13.2 Å². The first-order valence-electron chi connectivity index (χ1n) is 12.7. The highest BCUT2D eigenvalue weighted by molar-refractivity contribution is 5.85. The number of benzene rings is 1. The molecular formula is C27H26F3N7O2. The lowest BCUT2D eigenvalue weighted by atomic mass is 9.96. The van der Waals surface area contributed by atoms with Crippen LogP contribution in [0.5, 0.6) is 0 Å². The lowest BCUT2D eigenvalue weighted by Crippen LogP contribution is -2.55. The minimum Gasteiger partial charge on any atom is -0.408 e. The summed E-state index contributed by atoms with van der Waals surface area (Å²) in [5.74, 6) is -0.421. The number of hydrogen-bond acceptors (Lipinski definition) is 8. The predicted molar refractivity (Wildman–Crippen MR) is 138 cm³/mol. The lowest BCUT2D eigenvalue weighted by molar-refractivity contribution is -0.190. The second-order valence-electron chi connectivity index (χ2n) is 10.1. The van der Waals surface area contributed by atoms with Gasteiger partial charge in [0.15, 0.2) is 6.04 Å². The third kappa shape index (κ3) is 4.86. The first-order chi connectivity index (χ1) is 18.7. The Labute approximate surface area is 222 Å². The molecule has 1 atom stereocenters. The van der Waals surface area contributed by atoms with Crippen molar-refractivity contribution in [3.05, 3.63) is 65.8 Å². The zero-order valence-corrected chi connectivity index (χ0v) is 21.3. The Bertz CT molecular complexity index is 1510. The zero-order chi connectivity index (χ0) is 27.3. The Hall–Kier alpha value is -4.22. The van der Waals surface area contributed by atoms with Crippen molar-refractivity contribution < 1.29 is 22.4 Å². The van der Waals surface area contributed by atoms with E-state index in [4.69, 9.17) is 4.42 Å². The number of aryl methyl sites for hydroxylation is 1. The Balaban J connectivity index is 1.19. The highest BCUT2D eigenvalue weighted by atomic mass is 19.4. The molecule has 4 heterocycles. The normalized spacial score (nSPS) is 16.7. The van der Waals surface area contributed by atoms with Crippen molar-refractivity contribution >= 4 is 34.3 Å². The summed E-state index contributed by atoms with van der Waals surface area (Å²) in [6.07, 6.45) is 0.943. The predicted octanol–water partition coefficient (Wildman–Crippen LogP) is 5.14. The fourth-order valence-electron chi connectivity index (χ4n) is 5.08. The molecule has 9 nitrogen and oxygen atoms in total. The van der Waals surface area contributed by atoms with Crippen LogP contribution in [0.15, 0.2) is 53.2 Å². The summed E-state index contributed by atoms with van der Waals surface area (Å²) in [7, 11) is 1.20. The molecule has 0 bridgehead atoms. The van der Waals surface area contributed by atoms with E-state index >= 15 is 0 Å². The third-order valence-electron chi connectivity index (χ3n) is 7.22. The van der Waals surface area contributed by atoms with E-state index in [1.54, 1.807) is 36.4 Å². The third-order valence-corrected chi connectivity index (χ3v) is 7.22. The van der Waals surface area contributed by atoms with Gasteiger partial charge in [0.1, 0.15) is 0 Å². The summed E-state index contributed by atoms with van der Waals surface area (Å²) in [4.78, 5) is 24.5. The molecule has 1 N–H and O–H groups in total. The summed E-state index contributed by atoms with van der Waals surface area (Å²) in [6.45, 7) is 2.08. The van der Waals surface area contributed by atoms with Crippen LogP contribution in [0.4, 0.5) is 30.6 Å². The van der Waals surface area contributed by atoms with E-state index in [1.165, 1.54) is 19.2 Å². The number of amides is 1. The van der Waals surface area contributed by atoms with E-state index in [1.807, 2.05) is 12.1 Å². The van der Waals surface area contributed by atoms with Gasteiger partial charge in [0.2, 0.25) is 11.8 Å². The average Bonchev–Trinajstić information content (AvgIpc) is 3.63. The van der Waals surface area contributed by atoms with Gasteiger partial charge in [-0.05, 0) is 48.6 Å². The quantitative estimate of drug-likeness (QED) is 0.346.